The molecule has 6 heteroatoms. The molecule has 1 aromatic rings. The normalized spacial score (nSPS) is 19.2. The largest absolute Gasteiger partial charge is 0.397 e. The molecule has 1 aromatic heterocycles. The first-order valence-electron chi connectivity index (χ1n) is 6.93. The molecule has 1 aliphatic rings. The quantitative estimate of drug-likeness (QED) is 0.862. The Morgan fingerprint density at radius 1 is 1.65 bits per heavy atom. The molecule has 2 heterocycles. The summed E-state index contributed by atoms with van der Waals surface area (Å²) in [6.07, 6.45) is 3.76. The summed E-state index contributed by atoms with van der Waals surface area (Å²) in [5.74, 6) is -0.102. The van der Waals surface area contributed by atoms with E-state index in [2.05, 4.69) is 16.8 Å². The molecule has 5 nitrogen and oxygen atoms in total. The van der Waals surface area contributed by atoms with E-state index in [4.69, 9.17) is 17.3 Å². The smallest absolute Gasteiger partial charge is 0.255 e. The summed E-state index contributed by atoms with van der Waals surface area (Å²) in [6, 6.07) is 1.97. The van der Waals surface area contributed by atoms with Crippen LogP contribution in [0.5, 0.6) is 0 Å². The summed E-state index contributed by atoms with van der Waals surface area (Å²) in [7, 11) is 1.81. The summed E-state index contributed by atoms with van der Waals surface area (Å²) in [5.41, 5.74) is 6.60. The maximum absolute atomic E-state index is 12.4. The number of nitrogens with two attached hydrogens (primary N) is 1. The molecule has 0 aliphatic carbocycles. The molecule has 1 atom stereocenters. The Bertz CT molecular complexity index is 494. The van der Waals surface area contributed by atoms with Crippen LogP contribution in [0.25, 0.3) is 0 Å². The zero-order valence-electron chi connectivity index (χ0n) is 12.0. The molecule has 1 fully saturated rings. The van der Waals surface area contributed by atoms with Gasteiger partial charge in [-0.2, -0.15) is 0 Å². The van der Waals surface area contributed by atoms with Crippen LogP contribution < -0.4 is 5.73 Å². The minimum atomic E-state index is -0.102. The summed E-state index contributed by atoms with van der Waals surface area (Å²) in [4.78, 5) is 20.4. The molecule has 1 unspecified atom stereocenters. The van der Waals surface area contributed by atoms with Crippen molar-refractivity contribution < 1.29 is 4.79 Å². The zero-order chi connectivity index (χ0) is 14.7. The predicted octanol–water partition coefficient (Wildman–Crippen LogP) is 1.87. The van der Waals surface area contributed by atoms with Crippen LogP contribution >= 0.6 is 11.6 Å². The Balaban J connectivity index is 2.07. The van der Waals surface area contributed by atoms with Gasteiger partial charge in [-0.05, 0) is 32.0 Å². The molecular formula is C14H21ClN4O. The van der Waals surface area contributed by atoms with Crippen LogP contribution in [0.15, 0.2) is 12.3 Å². The molecule has 2 N–H and O–H groups in total. The van der Waals surface area contributed by atoms with Crippen molar-refractivity contribution in [2.24, 2.45) is 0 Å². The zero-order valence-corrected chi connectivity index (χ0v) is 12.7. The molecule has 0 aromatic carbocycles. The fourth-order valence-electron chi connectivity index (χ4n) is 2.75. The van der Waals surface area contributed by atoms with Gasteiger partial charge in [0.05, 0.1) is 17.4 Å². The van der Waals surface area contributed by atoms with Gasteiger partial charge in [-0.15, -0.1) is 0 Å². The Morgan fingerprint density at radius 3 is 3.10 bits per heavy atom. The summed E-state index contributed by atoms with van der Waals surface area (Å²) >= 11 is 5.84. The predicted molar refractivity (Wildman–Crippen MR) is 80.9 cm³/mol. The number of amides is 1. The highest BCUT2D eigenvalue weighted by Crippen LogP contribution is 2.20. The van der Waals surface area contributed by atoms with Crippen molar-refractivity contribution >= 4 is 23.2 Å². The average molecular weight is 297 g/mol. The third-order valence-electron chi connectivity index (χ3n) is 3.87. The van der Waals surface area contributed by atoms with Gasteiger partial charge >= 0.3 is 0 Å². The number of hydrogen-bond acceptors (Lipinski definition) is 4. The maximum atomic E-state index is 12.4. The Hall–Kier alpha value is -1.33. The number of carbonyl (C=O) groups excluding carboxylic acids is 1. The second kappa shape index (κ2) is 6.41. The van der Waals surface area contributed by atoms with E-state index in [0.29, 0.717) is 23.8 Å². The number of likely N-dealkylation sites (N-methyl/N-ethyl adjacent to an activating group) is 2. The summed E-state index contributed by atoms with van der Waals surface area (Å²) in [6.45, 7) is 5.01. The van der Waals surface area contributed by atoms with E-state index in [1.54, 1.807) is 4.90 Å². The highest BCUT2D eigenvalue weighted by atomic mass is 35.5. The van der Waals surface area contributed by atoms with Crippen LogP contribution in [0.2, 0.25) is 5.15 Å². The molecule has 0 saturated carbocycles. The van der Waals surface area contributed by atoms with Crippen LogP contribution in [0.1, 0.15) is 30.1 Å². The topological polar surface area (TPSA) is 62.5 Å². The second-order valence-corrected chi connectivity index (χ2v) is 5.59. The summed E-state index contributed by atoms with van der Waals surface area (Å²) in [5, 5.41) is 0.284. The number of likely N-dealkylation sites (tertiary alicyclic amines) is 1. The highest BCUT2D eigenvalue weighted by Gasteiger charge is 2.26. The first-order valence-corrected chi connectivity index (χ1v) is 7.31. The van der Waals surface area contributed by atoms with Crippen molar-refractivity contribution in [2.75, 3.05) is 32.4 Å². The monoisotopic (exact) mass is 296 g/mol. The van der Waals surface area contributed by atoms with Crippen molar-refractivity contribution in [2.45, 2.75) is 25.8 Å². The van der Waals surface area contributed by atoms with Gasteiger partial charge in [0.15, 0.2) is 0 Å². The molecule has 1 amide bonds. The van der Waals surface area contributed by atoms with Gasteiger partial charge in [-0.3, -0.25) is 9.69 Å². The third-order valence-corrected chi connectivity index (χ3v) is 4.08. The lowest BCUT2D eigenvalue weighted by Crippen LogP contribution is -2.41. The molecule has 1 aliphatic heterocycles. The van der Waals surface area contributed by atoms with Gasteiger partial charge in [-0.25, -0.2) is 4.98 Å². The number of pyridine rings is 1. The van der Waals surface area contributed by atoms with Crippen molar-refractivity contribution in [3.63, 3.8) is 0 Å². The molecule has 2 rings (SSSR count). The van der Waals surface area contributed by atoms with E-state index in [-0.39, 0.29) is 11.1 Å². The molecule has 0 spiro atoms. The van der Waals surface area contributed by atoms with Gasteiger partial charge in [0.1, 0.15) is 5.15 Å². The van der Waals surface area contributed by atoms with Crippen molar-refractivity contribution in [3.05, 3.63) is 23.0 Å². The number of halogens is 1. The van der Waals surface area contributed by atoms with Crippen LogP contribution in [-0.2, 0) is 0 Å². The number of rotatable bonds is 4. The molecule has 0 bridgehead atoms. The second-order valence-electron chi connectivity index (χ2n) is 5.20. The van der Waals surface area contributed by atoms with E-state index >= 15 is 0 Å². The van der Waals surface area contributed by atoms with E-state index in [1.165, 1.54) is 18.7 Å². The minimum Gasteiger partial charge on any atom is -0.397 e. The Kier molecular flexibility index (Phi) is 4.83. The van der Waals surface area contributed by atoms with E-state index in [9.17, 15) is 4.79 Å². The lowest BCUT2D eigenvalue weighted by Gasteiger charge is -2.28. The SMILES string of the molecule is CCN1CCCC1CN(C)C(=O)c1cc(Cl)ncc1N. The van der Waals surface area contributed by atoms with Crippen molar-refractivity contribution in [1.29, 1.82) is 0 Å². The number of carbonyl (C=O) groups is 1. The van der Waals surface area contributed by atoms with Gasteiger partial charge in [-0.1, -0.05) is 18.5 Å². The van der Waals surface area contributed by atoms with Crippen molar-refractivity contribution in [3.8, 4) is 0 Å². The molecule has 20 heavy (non-hydrogen) atoms. The van der Waals surface area contributed by atoms with Crippen molar-refractivity contribution in [1.82, 2.24) is 14.8 Å². The van der Waals surface area contributed by atoms with Crippen LogP contribution in [0.3, 0.4) is 0 Å². The Labute approximate surface area is 124 Å². The number of nitrogen functional groups attached to an aromatic ring is 1. The van der Waals surface area contributed by atoms with Gasteiger partial charge in [0.25, 0.3) is 5.91 Å². The first-order chi connectivity index (χ1) is 9.52. The molecular weight excluding hydrogens is 276 g/mol. The van der Waals surface area contributed by atoms with Crippen LogP contribution in [0.4, 0.5) is 5.69 Å². The lowest BCUT2D eigenvalue weighted by molar-refractivity contribution is 0.0755. The van der Waals surface area contributed by atoms with Gasteiger partial charge in [0.2, 0.25) is 0 Å². The van der Waals surface area contributed by atoms with Gasteiger partial charge in [0, 0.05) is 19.6 Å². The molecule has 0 radical (unpaired) electrons. The third kappa shape index (κ3) is 3.22. The fourth-order valence-corrected chi connectivity index (χ4v) is 2.91. The average Bonchev–Trinajstić information content (AvgIpc) is 2.87. The number of aromatic nitrogens is 1. The van der Waals surface area contributed by atoms with E-state index in [0.717, 1.165) is 19.5 Å². The Morgan fingerprint density at radius 2 is 2.40 bits per heavy atom. The van der Waals surface area contributed by atoms with Crippen LogP contribution in [-0.4, -0.2) is 53.4 Å². The number of nitrogens with zero attached hydrogens (tertiary/aromatic N) is 3. The number of anilines is 1. The maximum Gasteiger partial charge on any atom is 0.255 e. The fraction of sp³-hybridized carbons (Fsp3) is 0.571. The molecule has 1 saturated heterocycles. The van der Waals surface area contributed by atoms with E-state index in [1.807, 2.05) is 7.05 Å². The summed E-state index contributed by atoms with van der Waals surface area (Å²) < 4.78 is 0. The van der Waals surface area contributed by atoms with Gasteiger partial charge < -0.3 is 10.6 Å². The number of hydrogen-bond donors (Lipinski definition) is 1. The highest BCUT2D eigenvalue weighted by molar-refractivity contribution is 6.29. The standard InChI is InChI=1S/C14H21ClN4O/c1-3-19-6-4-5-10(19)9-18(2)14(20)11-7-13(15)17-8-12(11)16/h7-8,10H,3-6,9,16H2,1-2H3. The lowest BCUT2D eigenvalue weighted by atomic mass is 10.1. The molecule has 110 valence electrons. The van der Waals surface area contributed by atoms with Crippen LogP contribution in [0, 0.1) is 0 Å². The minimum absolute atomic E-state index is 0.102. The first kappa shape index (κ1) is 15.1. The van der Waals surface area contributed by atoms with E-state index < -0.39 is 0 Å².